The van der Waals surface area contributed by atoms with Crippen LogP contribution in [0.4, 0.5) is 0 Å². The Hall–Kier alpha value is -2.92. The van der Waals surface area contributed by atoms with Crippen molar-refractivity contribution in [3.8, 4) is 6.07 Å². The van der Waals surface area contributed by atoms with Crippen molar-refractivity contribution < 1.29 is 4.79 Å². The maximum Gasteiger partial charge on any atom is 0.227 e. The highest BCUT2D eigenvalue weighted by Gasteiger charge is 2.27. The van der Waals surface area contributed by atoms with Crippen LogP contribution in [0.15, 0.2) is 18.5 Å². The van der Waals surface area contributed by atoms with E-state index in [0.29, 0.717) is 18.9 Å². The van der Waals surface area contributed by atoms with Gasteiger partial charge in [-0.25, -0.2) is 9.97 Å². The van der Waals surface area contributed by atoms with Crippen molar-refractivity contribution in [3.63, 3.8) is 0 Å². The quantitative estimate of drug-likeness (QED) is 0.639. The molecule has 1 saturated carbocycles. The fraction of sp³-hybridized carbons (Fsp3) is 0.565. The van der Waals surface area contributed by atoms with Crippen LogP contribution in [-0.2, 0) is 11.2 Å². The monoisotopic (exact) mass is 419 g/mol. The maximum atomic E-state index is 12.8. The van der Waals surface area contributed by atoms with Crippen molar-refractivity contribution in [2.75, 3.05) is 19.6 Å². The number of fused-ring (bicyclic) bond motifs is 3. The fourth-order valence-corrected chi connectivity index (χ4v) is 5.26. The van der Waals surface area contributed by atoms with Gasteiger partial charge >= 0.3 is 0 Å². The van der Waals surface area contributed by atoms with Gasteiger partial charge in [-0.1, -0.05) is 12.8 Å². The molecule has 1 aliphatic carbocycles. The van der Waals surface area contributed by atoms with Crippen LogP contribution in [-0.4, -0.2) is 56.0 Å². The summed E-state index contributed by atoms with van der Waals surface area (Å²) in [6.45, 7) is 2.75. The van der Waals surface area contributed by atoms with Gasteiger partial charge in [0.15, 0.2) is 0 Å². The summed E-state index contributed by atoms with van der Waals surface area (Å²) in [6, 6.07) is 4.89. The van der Waals surface area contributed by atoms with Crippen LogP contribution >= 0.6 is 0 Å². The predicted molar refractivity (Wildman–Crippen MR) is 118 cm³/mol. The number of nitrogens with one attached hydrogen (secondary N) is 2. The van der Waals surface area contributed by atoms with E-state index >= 15 is 0 Å². The van der Waals surface area contributed by atoms with Gasteiger partial charge < -0.3 is 19.8 Å². The minimum atomic E-state index is 0.0631. The topological polar surface area (TPSA) is 103 Å². The second kappa shape index (κ2) is 8.67. The standard InChI is InChI=1S/C23H29N7O/c24-9-3-11-29-12-7-17(8-13-29)30-20(14-21(31)27-16-4-1-2-5-16)28-19-15-26-23-18(22(19)30)6-10-25-23/h6,10,15-17H,1-5,7-8,11-14H2,(H,25,26)(H,27,31). The maximum absolute atomic E-state index is 12.8. The summed E-state index contributed by atoms with van der Waals surface area (Å²) >= 11 is 0. The number of aromatic amines is 1. The van der Waals surface area contributed by atoms with E-state index in [9.17, 15) is 4.79 Å². The Morgan fingerprint density at radius 3 is 2.84 bits per heavy atom. The summed E-state index contributed by atoms with van der Waals surface area (Å²) in [5.74, 6) is 0.893. The first-order valence-corrected chi connectivity index (χ1v) is 11.4. The first-order valence-electron chi connectivity index (χ1n) is 11.4. The molecule has 4 heterocycles. The van der Waals surface area contributed by atoms with Gasteiger partial charge in [-0.15, -0.1) is 0 Å². The molecule has 0 radical (unpaired) electrons. The van der Waals surface area contributed by atoms with Crippen LogP contribution in [0.1, 0.15) is 56.8 Å². The number of rotatable bonds is 6. The Morgan fingerprint density at radius 1 is 1.26 bits per heavy atom. The first-order chi connectivity index (χ1) is 15.2. The van der Waals surface area contributed by atoms with Crippen molar-refractivity contribution in [1.82, 2.24) is 29.7 Å². The number of amides is 1. The Morgan fingerprint density at radius 2 is 2.06 bits per heavy atom. The van der Waals surface area contributed by atoms with E-state index in [2.05, 4.69) is 30.8 Å². The highest BCUT2D eigenvalue weighted by Crippen LogP contribution is 2.32. The number of nitriles is 1. The van der Waals surface area contributed by atoms with Crippen LogP contribution in [0.3, 0.4) is 0 Å². The number of likely N-dealkylation sites (tertiary alicyclic amines) is 1. The molecule has 1 amide bonds. The number of imidazole rings is 1. The van der Waals surface area contributed by atoms with Gasteiger partial charge in [0, 0.05) is 49.7 Å². The average molecular weight is 420 g/mol. The van der Waals surface area contributed by atoms with Gasteiger partial charge in [0.1, 0.15) is 17.0 Å². The number of piperidine rings is 1. The van der Waals surface area contributed by atoms with Crippen LogP contribution < -0.4 is 5.32 Å². The van der Waals surface area contributed by atoms with E-state index in [-0.39, 0.29) is 11.9 Å². The van der Waals surface area contributed by atoms with Crippen LogP contribution in [0.2, 0.25) is 0 Å². The van der Waals surface area contributed by atoms with Crippen LogP contribution in [0, 0.1) is 11.3 Å². The molecule has 0 aromatic carbocycles. The third kappa shape index (κ3) is 4.02. The molecular weight excluding hydrogens is 390 g/mol. The molecule has 8 heteroatoms. The number of nitrogens with zero attached hydrogens (tertiary/aromatic N) is 5. The molecule has 1 saturated heterocycles. The summed E-state index contributed by atoms with van der Waals surface area (Å²) in [4.78, 5) is 27.8. The molecule has 2 aliphatic rings. The lowest BCUT2D eigenvalue weighted by Gasteiger charge is -2.33. The lowest BCUT2D eigenvalue weighted by atomic mass is 10.0. The zero-order valence-electron chi connectivity index (χ0n) is 17.8. The summed E-state index contributed by atoms with van der Waals surface area (Å²) < 4.78 is 2.31. The molecule has 8 nitrogen and oxygen atoms in total. The average Bonchev–Trinajstić information content (AvgIpc) is 3.51. The number of hydrogen-bond acceptors (Lipinski definition) is 5. The second-order valence-corrected chi connectivity index (χ2v) is 8.84. The lowest BCUT2D eigenvalue weighted by Crippen LogP contribution is -2.37. The Kier molecular flexibility index (Phi) is 5.60. The molecule has 31 heavy (non-hydrogen) atoms. The summed E-state index contributed by atoms with van der Waals surface area (Å²) in [7, 11) is 0. The van der Waals surface area contributed by atoms with Crippen molar-refractivity contribution in [2.24, 2.45) is 0 Å². The van der Waals surface area contributed by atoms with Gasteiger partial charge in [0.25, 0.3) is 0 Å². The molecule has 2 fully saturated rings. The molecule has 5 rings (SSSR count). The zero-order chi connectivity index (χ0) is 21.2. The number of carbonyl (C=O) groups is 1. The third-order valence-electron chi connectivity index (χ3n) is 6.81. The molecule has 3 aromatic heterocycles. The number of pyridine rings is 1. The summed E-state index contributed by atoms with van der Waals surface area (Å²) in [5, 5.41) is 13.2. The minimum absolute atomic E-state index is 0.0631. The largest absolute Gasteiger partial charge is 0.353 e. The van der Waals surface area contributed by atoms with Crippen molar-refractivity contribution >= 4 is 28.0 Å². The number of hydrogen-bond donors (Lipinski definition) is 2. The zero-order valence-corrected chi connectivity index (χ0v) is 17.8. The molecule has 162 valence electrons. The first kappa shape index (κ1) is 20.0. The van der Waals surface area contributed by atoms with Gasteiger partial charge in [-0.05, 0) is 31.7 Å². The van der Waals surface area contributed by atoms with Crippen molar-refractivity contribution in [2.45, 2.75) is 63.5 Å². The summed E-state index contributed by atoms with van der Waals surface area (Å²) in [6.07, 6.45) is 11.1. The van der Waals surface area contributed by atoms with Gasteiger partial charge in [0.2, 0.25) is 5.91 Å². The number of H-pyrrole nitrogens is 1. The van der Waals surface area contributed by atoms with Crippen LogP contribution in [0.5, 0.6) is 0 Å². The highest BCUT2D eigenvalue weighted by molar-refractivity contribution is 6.01. The predicted octanol–water partition coefficient (Wildman–Crippen LogP) is 3.06. The molecule has 0 spiro atoms. The molecule has 0 unspecified atom stereocenters. The van der Waals surface area contributed by atoms with E-state index in [0.717, 1.165) is 73.2 Å². The van der Waals surface area contributed by atoms with Gasteiger partial charge in [-0.3, -0.25) is 4.79 Å². The lowest BCUT2D eigenvalue weighted by molar-refractivity contribution is -0.121. The Labute approximate surface area is 181 Å². The molecule has 1 aliphatic heterocycles. The second-order valence-electron chi connectivity index (χ2n) is 8.84. The van der Waals surface area contributed by atoms with E-state index in [1.54, 1.807) is 0 Å². The van der Waals surface area contributed by atoms with E-state index < -0.39 is 0 Å². The van der Waals surface area contributed by atoms with Crippen molar-refractivity contribution in [3.05, 3.63) is 24.3 Å². The van der Waals surface area contributed by atoms with E-state index in [4.69, 9.17) is 10.2 Å². The van der Waals surface area contributed by atoms with Gasteiger partial charge in [0.05, 0.1) is 24.2 Å². The minimum Gasteiger partial charge on any atom is -0.353 e. The number of carbonyl (C=O) groups excluding carboxylic acids is 1. The third-order valence-corrected chi connectivity index (χ3v) is 6.81. The molecule has 0 bridgehead atoms. The van der Waals surface area contributed by atoms with E-state index in [1.807, 2.05) is 18.5 Å². The highest BCUT2D eigenvalue weighted by atomic mass is 16.1. The van der Waals surface area contributed by atoms with Gasteiger partial charge in [-0.2, -0.15) is 5.26 Å². The van der Waals surface area contributed by atoms with Crippen molar-refractivity contribution in [1.29, 1.82) is 5.26 Å². The SMILES string of the molecule is N#CCCN1CCC(n2c(CC(=O)NC3CCCC3)nc3cnc4[nH]ccc4c32)CC1. The fourth-order valence-electron chi connectivity index (χ4n) is 5.26. The van der Waals surface area contributed by atoms with Crippen LogP contribution in [0.25, 0.3) is 22.1 Å². The molecule has 0 atom stereocenters. The van der Waals surface area contributed by atoms with E-state index in [1.165, 1.54) is 12.8 Å². The Bertz CT molecular complexity index is 1110. The molecular formula is C23H29N7O. The Balaban J connectivity index is 1.45. The molecule has 2 N–H and O–H groups in total. The number of aromatic nitrogens is 4. The smallest absolute Gasteiger partial charge is 0.227 e. The summed E-state index contributed by atoms with van der Waals surface area (Å²) in [5.41, 5.74) is 2.77. The normalized spacial score (nSPS) is 18.7. The molecule has 3 aromatic rings.